The number of anilines is 1. The lowest BCUT2D eigenvalue weighted by molar-refractivity contribution is -0.601. The third kappa shape index (κ3) is 6.21. The molecule has 0 N–H and O–H groups in total. The number of carbonyl (C=O) groups excluding carboxylic acids is 3. The number of nitrogens with zero attached hydrogens (tertiary/aromatic N) is 3. The van der Waals surface area contributed by atoms with Gasteiger partial charge in [0.1, 0.15) is 24.2 Å². The first-order valence-electron chi connectivity index (χ1n) is 12.8. The number of fused-ring (bicyclic) bond motifs is 2. The van der Waals surface area contributed by atoms with E-state index in [1.165, 1.54) is 9.80 Å². The monoisotopic (exact) mass is 509 g/mol. The SMILES string of the molecule is CC(C)(C)OC(=O)N1CCC2(CC2)c2ccc(CCCN(CC=O)C(=O)OCc3ccccc3)[n+]([O-])c21. The van der Waals surface area contributed by atoms with Crippen LogP contribution in [0.1, 0.15) is 63.3 Å². The number of hydrogen-bond donors (Lipinski definition) is 0. The van der Waals surface area contributed by atoms with Crippen LogP contribution in [0.5, 0.6) is 0 Å². The molecule has 2 amide bonds. The minimum absolute atomic E-state index is 0.0260. The largest absolute Gasteiger partial charge is 0.710 e. The number of rotatable bonds is 8. The van der Waals surface area contributed by atoms with E-state index >= 15 is 0 Å². The molecule has 2 aromatic rings. The predicted octanol–water partition coefficient (Wildman–Crippen LogP) is 4.27. The molecule has 0 atom stereocenters. The summed E-state index contributed by atoms with van der Waals surface area (Å²) in [4.78, 5) is 39.4. The summed E-state index contributed by atoms with van der Waals surface area (Å²) in [6, 6.07) is 13.1. The van der Waals surface area contributed by atoms with Crippen molar-refractivity contribution in [1.82, 2.24) is 4.90 Å². The summed E-state index contributed by atoms with van der Waals surface area (Å²) in [5.41, 5.74) is 1.55. The molecule has 4 rings (SSSR count). The Kier molecular flexibility index (Phi) is 7.71. The molecule has 1 aliphatic heterocycles. The second-order valence-electron chi connectivity index (χ2n) is 10.8. The number of amides is 2. The summed E-state index contributed by atoms with van der Waals surface area (Å²) in [5, 5.41) is 13.5. The summed E-state index contributed by atoms with van der Waals surface area (Å²) in [6.07, 6.45) is 3.20. The normalized spacial score (nSPS) is 15.6. The maximum absolute atomic E-state index is 13.5. The zero-order valence-corrected chi connectivity index (χ0v) is 21.8. The summed E-state index contributed by atoms with van der Waals surface area (Å²) in [6.45, 7) is 6.12. The van der Waals surface area contributed by atoms with Gasteiger partial charge in [-0.05, 0) is 64.2 Å². The van der Waals surface area contributed by atoms with Crippen molar-refractivity contribution in [3.8, 4) is 0 Å². The second-order valence-corrected chi connectivity index (χ2v) is 10.8. The van der Waals surface area contributed by atoms with Crippen molar-refractivity contribution in [2.45, 2.75) is 70.5 Å². The van der Waals surface area contributed by atoms with E-state index < -0.39 is 17.8 Å². The fraction of sp³-hybridized carbons (Fsp3) is 0.500. The third-order valence-corrected chi connectivity index (χ3v) is 6.86. The number of pyridine rings is 1. The lowest BCUT2D eigenvalue weighted by Crippen LogP contribution is -2.50. The molecular formula is C28H35N3O6. The standard InChI is InChI=1S/C28H35N3O6/c1-27(2,3)37-26(34)30-17-15-28(13-14-28)23-12-11-22(31(35)24(23)30)10-7-16-29(18-19-32)25(33)36-20-21-8-5-4-6-9-21/h4-6,8-9,11-12,19H,7,10,13-18,20H2,1-3H3. The van der Waals surface area contributed by atoms with E-state index in [4.69, 9.17) is 9.47 Å². The fourth-order valence-electron chi connectivity index (χ4n) is 4.76. The minimum atomic E-state index is -0.672. The van der Waals surface area contributed by atoms with Gasteiger partial charge in [0.15, 0.2) is 0 Å². The Labute approximate surface area is 217 Å². The molecular weight excluding hydrogens is 474 g/mol. The molecule has 1 aromatic heterocycles. The molecule has 0 saturated heterocycles. The van der Waals surface area contributed by atoms with Crippen LogP contribution in [0.3, 0.4) is 0 Å². The molecule has 1 saturated carbocycles. The minimum Gasteiger partial charge on any atom is -0.710 e. The summed E-state index contributed by atoms with van der Waals surface area (Å²) in [5.74, 6) is 0.350. The van der Waals surface area contributed by atoms with Crippen LogP contribution in [0.2, 0.25) is 0 Å². The van der Waals surface area contributed by atoms with Crippen LogP contribution in [0.4, 0.5) is 15.4 Å². The van der Waals surface area contributed by atoms with Gasteiger partial charge in [-0.15, -0.1) is 0 Å². The molecule has 0 unspecified atom stereocenters. The van der Waals surface area contributed by atoms with Crippen LogP contribution in [-0.4, -0.2) is 48.6 Å². The Morgan fingerprint density at radius 2 is 1.86 bits per heavy atom. The number of benzene rings is 1. The lowest BCUT2D eigenvalue weighted by atomic mass is 9.88. The molecule has 9 heteroatoms. The first-order valence-corrected chi connectivity index (χ1v) is 12.8. The fourth-order valence-corrected chi connectivity index (χ4v) is 4.76. The van der Waals surface area contributed by atoms with E-state index in [0.29, 0.717) is 37.2 Å². The average Bonchev–Trinajstić information content (AvgIpc) is 3.63. The smallest absolute Gasteiger partial charge is 0.507 e. The van der Waals surface area contributed by atoms with Crippen molar-refractivity contribution in [2.75, 3.05) is 24.5 Å². The highest BCUT2D eigenvalue weighted by atomic mass is 16.6. The van der Waals surface area contributed by atoms with Gasteiger partial charge in [-0.2, -0.15) is 9.69 Å². The van der Waals surface area contributed by atoms with Crippen LogP contribution in [0.25, 0.3) is 0 Å². The van der Waals surface area contributed by atoms with E-state index in [1.54, 1.807) is 20.8 Å². The van der Waals surface area contributed by atoms with Crippen LogP contribution >= 0.6 is 0 Å². The highest BCUT2D eigenvalue weighted by Crippen LogP contribution is 2.55. The van der Waals surface area contributed by atoms with Crippen molar-refractivity contribution in [3.63, 3.8) is 0 Å². The predicted molar refractivity (Wildman–Crippen MR) is 137 cm³/mol. The molecule has 0 bridgehead atoms. The number of hydrogen-bond acceptors (Lipinski definition) is 6. The molecule has 198 valence electrons. The van der Waals surface area contributed by atoms with Crippen molar-refractivity contribution >= 4 is 24.3 Å². The van der Waals surface area contributed by atoms with Crippen LogP contribution < -0.4 is 9.63 Å². The highest BCUT2D eigenvalue weighted by molar-refractivity contribution is 5.88. The molecule has 0 radical (unpaired) electrons. The topological polar surface area (TPSA) is 103 Å². The summed E-state index contributed by atoms with van der Waals surface area (Å²) < 4.78 is 11.8. The average molecular weight is 510 g/mol. The Hall–Kier alpha value is -3.62. The zero-order valence-electron chi connectivity index (χ0n) is 21.8. The van der Waals surface area contributed by atoms with E-state index in [1.807, 2.05) is 42.5 Å². The van der Waals surface area contributed by atoms with Gasteiger partial charge in [-0.25, -0.2) is 9.52 Å². The lowest BCUT2D eigenvalue weighted by Gasteiger charge is -2.32. The highest BCUT2D eigenvalue weighted by Gasteiger charge is 2.54. The Morgan fingerprint density at radius 3 is 2.51 bits per heavy atom. The maximum Gasteiger partial charge on any atom is 0.507 e. The van der Waals surface area contributed by atoms with Crippen molar-refractivity contribution in [2.24, 2.45) is 0 Å². The number of aldehydes is 1. The first kappa shape index (κ1) is 26.4. The molecule has 1 aliphatic carbocycles. The van der Waals surface area contributed by atoms with Gasteiger partial charge in [0.25, 0.3) is 5.82 Å². The Morgan fingerprint density at radius 1 is 1.14 bits per heavy atom. The van der Waals surface area contributed by atoms with Crippen LogP contribution in [-0.2, 0) is 32.7 Å². The number of aryl methyl sites for hydroxylation is 1. The number of aromatic nitrogens is 1. The van der Waals surface area contributed by atoms with Crippen molar-refractivity contribution in [1.29, 1.82) is 0 Å². The third-order valence-electron chi connectivity index (χ3n) is 6.86. The van der Waals surface area contributed by atoms with Gasteiger partial charge in [-0.3, -0.25) is 0 Å². The quantitative estimate of drug-likeness (QED) is 0.299. The molecule has 2 heterocycles. The van der Waals surface area contributed by atoms with Gasteiger partial charge in [0.05, 0.1) is 13.1 Å². The Balaban J connectivity index is 1.44. The molecule has 9 nitrogen and oxygen atoms in total. The van der Waals surface area contributed by atoms with Gasteiger partial charge in [0.2, 0.25) is 0 Å². The molecule has 1 aromatic carbocycles. The van der Waals surface area contributed by atoms with Crippen molar-refractivity contribution < 1.29 is 28.6 Å². The Bertz CT molecular complexity index is 1140. The summed E-state index contributed by atoms with van der Waals surface area (Å²) >= 11 is 0. The molecule has 37 heavy (non-hydrogen) atoms. The van der Waals surface area contributed by atoms with Crippen molar-refractivity contribution in [3.05, 3.63) is 64.5 Å². The number of carbonyl (C=O) groups is 3. The summed E-state index contributed by atoms with van der Waals surface area (Å²) in [7, 11) is 0. The number of ether oxygens (including phenoxy) is 2. The first-order chi connectivity index (χ1) is 17.6. The second kappa shape index (κ2) is 10.8. The molecule has 1 spiro atoms. The van der Waals surface area contributed by atoms with Gasteiger partial charge < -0.3 is 24.4 Å². The van der Waals surface area contributed by atoms with Crippen LogP contribution in [0, 0.1) is 5.21 Å². The van der Waals surface area contributed by atoms with Gasteiger partial charge in [0, 0.05) is 23.9 Å². The van der Waals surface area contributed by atoms with E-state index in [0.717, 1.165) is 35.1 Å². The molecule has 1 fully saturated rings. The molecule has 2 aliphatic rings. The van der Waals surface area contributed by atoms with Gasteiger partial charge >= 0.3 is 12.2 Å². The van der Waals surface area contributed by atoms with E-state index in [-0.39, 0.29) is 25.1 Å². The zero-order chi connectivity index (χ0) is 26.6. The van der Waals surface area contributed by atoms with E-state index in [2.05, 4.69) is 0 Å². The maximum atomic E-state index is 13.5. The van der Waals surface area contributed by atoms with Gasteiger partial charge in [-0.1, -0.05) is 30.3 Å². The van der Waals surface area contributed by atoms with Crippen LogP contribution in [0.15, 0.2) is 42.5 Å². The van der Waals surface area contributed by atoms with E-state index in [9.17, 15) is 19.6 Å².